The van der Waals surface area contributed by atoms with Gasteiger partial charge in [-0.15, -0.1) is 0 Å². The number of carbonyl (C=O) groups excluding carboxylic acids is 1. The number of hydrogen-bond donors (Lipinski definition) is 0. The van der Waals surface area contributed by atoms with Gasteiger partial charge in [0, 0.05) is 16.6 Å². The van der Waals surface area contributed by atoms with Crippen molar-refractivity contribution < 1.29 is 14.3 Å². The molecule has 4 nitrogen and oxygen atoms in total. The zero-order valence-corrected chi connectivity index (χ0v) is 11.1. The molecule has 0 spiro atoms. The maximum atomic E-state index is 11.9. The Labute approximate surface area is 106 Å². The van der Waals surface area contributed by atoms with E-state index in [1.54, 1.807) is 18.6 Å². The number of hydrogen-bond acceptors (Lipinski definition) is 3. The van der Waals surface area contributed by atoms with E-state index in [1.807, 2.05) is 32.0 Å². The normalized spacial score (nSPS) is 10.7. The molecule has 0 aliphatic carbocycles. The Hall–Kier alpha value is -1.97. The number of carbonyl (C=O) groups is 1. The van der Waals surface area contributed by atoms with Gasteiger partial charge in [-0.1, -0.05) is 0 Å². The fourth-order valence-corrected chi connectivity index (χ4v) is 2.19. The van der Waals surface area contributed by atoms with Crippen LogP contribution in [0, 0.1) is 13.8 Å². The number of fused-ring (bicyclic) bond motifs is 1. The minimum absolute atomic E-state index is 0.338. The third kappa shape index (κ3) is 1.83. The summed E-state index contributed by atoms with van der Waals surface area (Å²) in [7, 11) is 1.64. The van der Waals surface area contributed by atoms with Gasteiger partial charge >= 0.3 is 6.09 Å². The molecular formula is C14H17NO3. The van der Waals surface area contributed by atoms with Crippen molar-refractivity contribution >= 4 is 17.0 Å². The average Bonchev–Trinajstić information content (AvgIpc) is 2.67. The molecule has 0 bridgehead atoms. The van der Waals surface area contributed by atoms with Crippen molar-refractivity contribution in [3.63, 3.8) is 0 Å². The van der Waals surface area contributed by atoms with Gasteiger partial charge in [0.25, 0.3) is 0 Å². The molecule has 0 amide bonds. The maximum Gasteiger partial charge on any atom is 0.418 e. The molecule has 1 heterocycles. The van der Waals surface area contributed by atoms with Crippen LogP contribution < -0.4 is 4.74 Å². The van der Waals surface area contributed by atoms with Gasteiger partial charge in [0.15, 0.2) is 0 Å². The number of rotatable bonds is 2. The standard InChI is InChI=1S/C14H17NO3/c1-5-18-14(16)15-9(2)8-11-10(3)13(17-4)7-6-12(11)15/h6-8H,5H2,1-4H3. The van der Waals surface area contributed by atoms with E-state index in [0.717, 1.165) is 27.9 Å². The lowest BCUT2D eigenvalue weighted by Gasteiger charge is -2.08. The molecular weight excluding hydrogens is 230 g/mol. The number of aryl methyl sites for hydroxylation is 2. The van der Waals surface area contributed by atoms with E-state index in [4.69, 9.17) is 9.47 Å². The van der Waals surface area contributed by atoms with E-state index in [-0.39, 0.29) is 6.09 Å². The summed E-state index contributed by atoms with van der Waals surface area (Å²) >= 11 is 0. The molecule has 0 saturated heterocycles. The van der Waals surface area contributed by atoms with E-state index in [1.165, 1.54) is 0 Å². The van der Waals surface area contributed by atoms with Gasteiger partial charge in [0.2, 0.25) is 0 Å². The van der Waals surface area contributed by atoms with Crippen molar-refractivity contribution in [3.05, 3.63) is 29.5 Å². The molecule has 2 aromatic rings. The van der Waals surface area contributed by atoms with E-state index in [0.29, 0.717) is 6.61 Å². The monoisotopic (exact) mass is 247 g/mol. The van der Waals surface area contributed by atoms with E-state index >= 15 is 0 Å². The molecule has 0 fully saturated rings. The largest absolute Gasteiger partial charge is 0.496 e. The lowest BCUT2D eigenvalue weighted by Crippen LogP contribution is -2.14. The van der Waals surface area contributed by atoms with Crippen LogP contribution in [0.1, 0.15) is 18.2 Å². The molecule has 0 atom stereocenters. The first kappa shape index (κ1) is 12.5. The second-order valence-corrected chi connectivity index (χ2v) is 4.15. The van der Waals surface area contributed by atoms with Crippen LogP contribution in [0.4, 0.5) is 4.79 Å². The Kier molecular flexibility index (Phi) is 3.28. The first-order valence-electron chi connectivity index (χ1n) is 5.93. The van der Waals surface area contributed by atoms with Crippen LogP contribution in [0.5, 0.6) is 5.75 Å². The first-order valence-corrected chi connectivity index (χ1v) is 5.93. The Morgan fingerprint density at radius 3 is 2.67 bits per heavy atom. The molecule has 0 saturated carbocycles. The predicted molar refractivity (Wildman–Crippen MR) is 70.4 cm³/mol. The van der Waals surface area contributed by atoms with Gasteiger partial charge in [-0.3, -0.25) is 0 Å². The van der Waals surface area contributed by atoms with Crippen LogP contribution in [0.25, 0.3) is 10.9 Å². The number of nitrogens with zero attached hydrogens (tertiary/aromatic N) is 1. The molecule has 4 heteroatoms. The van der Waals surface area contributed by atoms with Crippen LogP contribution in [-0.4, -0.2) is 24.4 Å². The summed E-state index contributed by atoms with van der Waals surface area (Å²) in [6.07, 6.45) is -0.338. The average molecular weight is 247 g/mol. The number of benzene rings is 1. The Morgan fingerprint density at radius 2 is 2.06 bits per heavy atom. The van der Waals surface area contributed by atoms with E-state index < -0.39 is 0 Å². The van der Waals surface area contributed by atoms with Crippen LogP contribution in [0.3, 0.4) is 0 Å². The lowest BCUT2D eigenvalue weighted by atomic mass is 10.1. The third-order valence-electron chi connectivity index (χ3n) is 3.06. The molecule has 1 aromatic heterocycles. The summed E-state index contributed by atoms with van der Waals surface area (Å²) < 4.78 is 11.9. The van der Waals surface area contributed by atoms with Gasteiger partial charge < -0.3 is 9.47 Å². The fourth-order valence-electron chi connectivity index (χ4n) is 2.19. The molecule has 96 valence electrons. The zero-order chi connectivity index (χ0) is 13.3. The third-order valence-corrected chi connectivity index (χ3v) is 3.06. The van der Waals surface area contributed by atoms with E-state index in [2.05, 4.69) is 0 Å². The Bertz CT molecular complexity index is 599. The summed E-state index contributed by atoms with van der Waals surface area (Å²) in [6, 6.07) is 5.72. The van der Waals surface area contributed by atoms with Gasteiger partial charge in [-0.2, -0.15) is 0 Å². The van der Waals surface area contributed by atoms with Gasteiger partial charge in [-0.25, -0.2) is 9.36 Å². The van der Waals surface area contributed by atoms with Gasteiger partial charge in [0.05, 0.1) is 19.2 Å². The predicted octanol–water partition coefficient (Wildman–Crippen LogP) is 3.27. The topological polar surface area (TPSA) is 40.5 Å². The van der Waals surface area contributed by atoms with Crippen molar-refractivity contribution in [1.82, 2.24) is 4.57 Å². The highest BCUT2D eigenvalue weighted by atomic mass is 16.5. The highest BCUT2D eigenvalue weighted by Gasteiger charge is 2.16. The number of ether oxygens (including phenoxy) is 2. The lowest BCUT2D eigenvalue weighted by molar-refractivity contribution is 0.154. The summed E-state index contributed by atoms with van der Waals surface area (Å²) in [5.74, 6) is 0.823. The number of methoxy groups -OCH3 is 1. The minimum Gasteiger partial charge on any atom is -0.496 e. The summed E-state index contributed by atoms with van der Waals surface area (Å²) in [5, 5.41) is 1.01. The molecule has 2 rings (SSSR count). The highest BCUT2D eigenvalue weighted by Crippen LogP contribution is 2.29. The Balaban J connectivity index is 2.66. The zero-order valence-electron chi connectivity index (χ0n) is 11.1. The quantitative estimate of drug-likeness (QED) is 0.817. The molecule has 18 heavy (non-hydrogen) atoms. The Morgan fingerprint density at radius 1 is 1.33 bits per heavy atom. The second-order valence-electron chi connectivity index (χ2n) is 4.15. The van der Waals surface area contributed by atoms with Crippen LogP contribution in [0.2, 0.25) is 0 Å². The maximum absolute atomic E-state index is 11.9. The van der Waals surface area contributed by atoms with Crippen LogP contribution in [-0.2, 0) is 4.74 Å². The number of aromatic nitrogens is 1. The molecule has 0 aliphatic heterocycles. The fraction of sp³-hybridized carbons (Fsp3) is 0.357. The highest BCUT2D eigenvalue weighted by molar-refractivity contribution is 5.93. The van der Waals surface area contributed by atoms with Crippen LogP contribution >= 0.6 is 0 Å². The summed E-state index contributed by atoms with van der Waals surface area (Å²) in [6.45, 7) is 6.04. The summed E-state index contributed by atoms with van der Waals surface area (Å²) in [5.41, 5.74) is 2.74. The van der Waals surface area contributed by atoms with Crippen molar-refractivity contribution in [2.24, 2.45) is 0 Å². The van der Waals surface area contributed by atoms with Crippen molar-refractivity contribution in [3.8, 4) is 5.75 Å². The van der Waals surface area contributed by atoms with E-state index in [9.17, 15) is 4.79 Å². The SMILES string of the molecule is CCOC(=O)n1c(C)cc2c(C)c(OC)ccc21. The molecule has 0 unspecified atom stereocenters. The molecule has 0 N–H and O–H groups in total. The smallest absolute Gasteiger partial charge is 0.418 e. The first-order chi connectivity index (χ1) is 8.60. The van der Waals surface area contributed by atoms with Gasteiger partial charge in [-0.05, 0) is 39.0 Å². The molecule has 0 radical (unpaired) electrons. The van der Waals surface area contributed by atoms with Crippen molar-refractivity contribution in [1.29, 1.82) is 0 Å². The summed E-state index contributed by atoms with van der Waals surface area (Å²) in [4.78, 5) is 11.9. The minimum atomic E-state index is -0.338. The molecule has 1 aromatic carbocycles. The van der Waals surface area contributed by atoms with Crippen LogP contribution in [0.15, 0.2) is 18.2 Å². The van der Waals surface area contributed by atoms with Crippen molar-refractivity contribution in [2.45, 2.75) is 20.8 Å². The van der Waals surface area contributed by atoms with Crippen molar-refractivity contribution in [2.75, 3.05) is 13.7 Å². The second kappa shape index (κ2) is 4.72. The molecule has 0 aliphatic rings. The van der Waals surface area contributed by atoms with Gasteiger partial charge in [0.1, 0.15) is 5.75 Å².